The number of aryl methyl sites for hydroxylation is 1. The fourth-order valence-corrected chi connectivity index (χ4v) is 7.70. The van der Waals surface area contributed by atoms with Crippen LogP contribution < -0.4 is 21.3 Å². The van der Waals surface area contributed by atoms with E-state index in [4.69, 9.17) is 32.7 Å². The topological polar surface area (TPSA) is 129 Å². The van der Waals surface area contributed by atoms with E-state index in [-0.39, 0.29) is 28.7 Å². The molecule has 4 aromatic rings. The van der Waals surface area contributed by atoms with Gasteiger partial charge in [-0.15, -0.1) is 0 Å². The van der Waals surface area contributed by atoms with Gasteiger partial charge in [0.25, 0.3) is 11.8 Å². The highest BCUT2D eigenvalue weighted by atomic mass is 35.5. The molecule has 0 unspecified atom stereocenters. The molecule has 5 heterocycles. The number of rotatable bonds is 10. The van der Waals surface area contributed by atoms with Crippen LogP contribution in [0.1, 0.15) is 63.9 Å². The van der Waals surface area contributed by atoms with Gasteiger partial charge in [-0.1, -0.05) is 60.8 Å². The van der Waals surface area contributed by atoms with E-state index >= 15 is 0 Å². The van der Waals surface area contributed by atoms with Gasteiger partial charge >= 0.3 is 0 Å². The number of carbonyl (C=O) groups is 2. The number of fused-ring (bicyclic) bond motifs is 4. The van der Waals surface area contributed by atoms with Gasteiger partial charge in [0, 0.05) is 60.0 Å². The van der Waals surface area contributed by atoms with Crippen LogP contribution in [0.2, 0.25) is 10.0 Å². The summed E-state index contributed by atoms with van der Waals surface area (Å²) < 4.78 is 11.9. The smallest absolute Gasteiger partial charge is 0.277 e. The Hall–Kier alpha value is -3.77. The Bertz CT molecular complexity index is 1800. The molecule has 0 aliphatic carbocycles. The molecule has 4 aliphatic heterocycles. The molecular weight excluding hydrogens is 675 g/mol. The van der Waals surface area contributed by atoms with Crippen molar-refractivity contribution in [3.05, 3.63) is 111 Å². The van der Waals surface area contributed by atoms with Crippen molar-refractivity contribution >= 4 is 46.4 Å². The predicted molar refractivity (Wildman–Crippen MR) is 195 cm³/mol. The second-order valence-corrected chi connectivity index (χ2v) is 14.6. The molecule has 50 heavy (non-hydrogen) atoms. The molecular formula is C38H42Cl2N6O4. The quantitative estimate of drug-likeness (QED) is 0.132. The second kappa shape index (κ2) is 14.8. The van der Waals surface area contributed by atoms with Gasteiger partial charge in [0.1, 0.15) is 0 Å². The van der Waals surface area contributed by atoms with Gasteiger partial charge in [-0.3, -0.25) is 14.7 Å². The number of anilines is 2. The molecule has 4 aliphatic rings. The molecule has 1 aromatic heterocycles. The molecule has 8 rings (SSSR count). The number of aromatic amines is 1. The number of morpholine rings is 2. The summed E-state index contributed by atoms with van der Waals surface area (Å²) in [6, 6.07) is 23.8. The lowest BCUT2D eigenvalue weighted by atomic mass is 9.93. The molecule has 4 atom stereocenters. The zero-order valence-electron chi connectivity index (χ0n) is 28.0. The average molecular weight is 718 g/mol. The number of nitrogens with one attached hydrogen (secondary N) is 5. The first-order valence-electron chi connectivity index (χ1n) is 17.2. The summed E-state index contributed by atoms with van der Waals surface area (Å²) in [5, 5.41) is 20.6. The fraction of sp³-hybridized carbons (Fsp3) is 0.395. The van der Waals surface area contributed by atoms with Gasteiger partial charge in [0.15, 0.2) is 5.69 Å². The summed E-state index contributed by atoms with van der Waals surface area (Å²) >= 11 is 12.1. The van der Waals surface area contributed by atoms with Crippen LogP contribution in [0.5, 0.6) is 0 Å². The van der Waals surface area contributed by atoms with Crippen LogP contribution in [0.15, 0.2) is 72.8 Å². The van der Waals surface area contributed by atoms with Gasteiger partial charge in [0.2, 0.25) is 0 Å². The van der Waals surface area contributed by atoms with Crippen molar-refractivity contribution in [2.45, 2.75) is 68.7 Å². The van der Waals surface area contributed by atoms with Crippen LogP contribution in [0, 0.1) is 0 Å². The van der Waals surface area contributed by atoms with Gasteiger partial charge in [-0.25, -0.2) is 0 Å². The summed E-state index contributed by atoms with van der Waals surface area (Å²) in [5.41, 5.74) is 5.46. The van der Waals surface area contributed by atoms with E-state index in [1.165, 1.54) is 11.1 Å². The van der Waals surface area contributed by atoms with Gasteiger partial charge in [-0.2, -0.15) is 5.10 Å². The predicted octanol–water partition coefficient (Wildman–Crippen LogP) is 6.21. The summed E-state index contributed by atoms with van der Waals surface area (Å²) in [6.45, 7) is 5.50. The Morgan fingerprint density at radius 3 is 1.74 bits per heavy atom. The molecule has 0 saturated carbocycles. The third-order valence-electron chi connectivity index (χ3n) is 9.92. The molecule has 3 aromatic carbocycles. The van der Waals surface area contributed by atoms with E-state index in [0.717, 1.165) is 81.9 Å². The molecule has 0 spiro atoms. The number of nitrogens with zero attached hydrogens (tertiary/aromatic N) is 1. The highest BCUT2D eigenvalue weighted by Gasteiger charge is 2.46. The van der Waals surface area contributed by atoms with Gasteiger partial charge < -0.3 is 30.7 Å². The van der Waals surface area contributed by atoms with E-state index in [2.05, 4.69) is 50.5 Å². The average Bonchev–Trinajstić information content (AvgIpc) is 3.96. The third-order valence-corrected chi connectivity index (χ3v) is 10.6. The maximum absolute atomic E-state index is 12.4. The molecule has 4 fully saturated rings. The lowest BCUT2D eigenvalue weighted by molar-refractivity contribution is -0.00541. The van der Waals surface area contributed by atoms with Crippen LogP contribution in [0.25, 0.3) is 0 Å². The summed E-state index contributed by atoms with van der Waals surface area (Å²) in [4.78, 5) is 24.6. The van der Waals surface area contributed by atoms with E-state index in [9.17, 15) is 9.59 Å². The molecule has 12 heteroatoms. The lowest BCUT2D eigenvalue weighted by Crippen LogP contribution is -2.40. The van der Waals surface area contributed by atoms with Crippen molar-refractivity contribution in [3.63, 3.8) is 0 Å². The first kappa shape index (κ1) is 34.7. The van der Waals surface area contributed by atoms with E-state index < -0.39 is 0 Å². The van der Waals surface area contributed by atoms with E-state index in [1.54, 1.807) is 24.3 Å². The first-order chi connectivity index (χ1) is 24.2. The van der Waals surface area contributed by atoms with E-state index in [1.807, 2.05) is 36.4 Å². The van der Waals surface area contributed by atoms with Gasteiger partial charge in [0.05, 0.1) is 35.1 Å². The first-order valence-corrected chi connectivity index (χ1v) is 18.0. The number of hydrogen-bond donors (Lipinski definition) is 5. The van der Waals surface area contributed by atoms with Crippen molar-refractivity contribution in [2.75, 3.05) is 36.9 Å². The molecule has 5 N–H and O–H groups in total. The Kier molecular flexibility index (Phi) is 10.3. The monoisotopic (exact) mass is 716 g/mol. The van der Waals surface area contributed by atoms with Crippen LogP contribution >= 0.6 is 23.2 Å². The van der Waals surface area contributed by atoms with Crippen molar-refractivity contribution in [3.8, 4) is 0 Å². The van der Waals surface area contributed by atoms with Crippen LogP contribution in [0.3, 0.4) is 0 Å². The number of halogens is 2. The number of ether oxygens (including phenoxy) is 2. The standard InChI is InChI=1S/C19H23ClN4O2.C19H19ClN2O2/c1-2-3-15-16(20)17(24-23-15)18(25)22-13-6-4-12(5-7-13)8-19-9-14(10-26-19)21-11-19;20-15-5-3-14(4-6-15)18(23)22-16-7-1-13(2-8-16)9-19-10-17(11-24-19)21-12-19/h4-7,14,21H,2-3,8-11H2,1H3,(H,22,25)(H,23,24);1-8,17,21H,9-12H2,(H,22,23)/t14-,19-;17-,19-/m00/s1. The molecule has 0 radical (unpaired) electrons. The number of H-pyrrole nitrogens is 1. The third kappa shape index (κ3) is 7.91. The minimum Gasteiger partial charge on any atom is -0.372 e. The Morgan fingerprint density at radius 2 is 1.30 bits per heavy atom. The number of amides is 2. The lowest BCUT2D eigenvalue weighted by Gasteiger charge is -2.26. The Morgan fingerprint density at radius 1 is 0.780 bits per heavy atom. The SMILES string of the molecule is CCCc1[nH]nc(C(=O)Nc2ccc(C[C@]34CN[C@H](CO3)C4)cc2)c1Cl.O=C(Nc1ccc(C[C@]23CN[C@H](CO2)C3)cc1)c1ccc(Cl)cc1. The fourth-order valence-electron chi connectivity index (χ4n) is 7.31. The molecule has 4 bridgehead atoms. The number of carbonyl (C=O) groups excluding carboxylic acids is 2. The minimum atomic E-state index is -0.304. The highest BCUT2D eigenvalue weighted by Crippen LogP contribution is 2.35. The molecule has 262 valence electrons. The Labute approximate surface area is 302 Å². The van der Waals surface area contributed by atoms with Crippen molar-refractivity contribution in [1.82, 2.24) is 20.8 Å². The number of hydrogen-bond acceptors (Lipinski definition) is 7. The minimum absolute atomic E-state index is 0.0429. The maximum Gasteiger partial charge on any atom is 0.277 e. The maximum atomic E-state index is 12.4. The second-order valence-electron chi connectivity index (χ2n) is 13.8. The van der Waals surface area contributed by atoms with Crippen molar-refractivity contribution in [2.24, 2.45) is 0 Å². The normalized spacial score (nSPS) is 24.5. The summed E-state index contributed by atoms with van der Waals surface area (Å²) in [6.07, 6.45) is 5.66. The van der Waals surface area contributed by atoms with Crippen LogP contribution in [-0.4, -0.2) is 71.6 Å². The summed E-state index contributed by atoms with van der Waals surface area (Å²) in [7, 11) is 0. The highest BCUT2D eigenvalue weighted by molar-refractivity contribution is 6.34. The molecule has 4 saturated heterocycles. The van der Waals surface area contributed by atoms with Crippen LogP contribution in [-0.2, 0) is 28.7 Å². The van der Waals surface area contributed by atoms with Crippen molar-refractivity contribution in [1.29, 1.82) is 0 Å². The largest absolute Gasteiger partial charge is 0.372 e. The van der Waals surface area contributed by atoms with Gasteiger partial charge in [-0.05, 0) is 78.9 Å². The van der Waals surface area contributed by atoms with Crippen molar-refractivity contribution < 1.29 is 19.1 Å². The number of aromatic nitrogens is 2. The molecule has 10 nitrogen and oxygen atoms in total. The summed E-state index contributed by atoms with van der Waals surface area (Å²) in [5.74, 6) is -0.443. The zero-order valence-corrected chi connectivity index (χ0v) is 29.5. The Balaban J connectivity index is 0.000000157. The van der Waals surface area contributed by atoms with Crippen LogP contribution in [0.4, 0.5) is 11.4 Å². The van der Waals surface area contributed by atoms with E-state index in [0.29, 0.717) is 27.7 Å². The zero-order chi connectivity index (χ0) is 34.7. The number of benzene rings is 3. The molecule has 2 amide bonds.